The number of rotatable bonds is 3. The molecule has 0 bridgehead atoms. The molecule has 2 aliphatic rings. The average Bonchev–Trinajstić information content (AvgIpc) is 3.24. The summed E-state index contributed by atoms with van der Waals surface area (Å²) in [4.78, 5) is 35.7. The molecule has 0 saturated carbocycles. The van der Waals surface area contributed by atoms with Gasteiger partial charge in [0.1, 0.15) is 11.7 Å². The van der Waals surface area contributed by atoms with Crippen molar-refractivity contribution in [2.75, 3.05) is 39.8 Å². The van der Waals surface area contributed by atoms with Crippen molar-refractivity contribution in [3.8, 4) is 0 Å². The van der Waals surface area contributed by atoms with Crippen LogP contribution in [-0.4, -0.2) is 81.9 Å². The highest BCUT2D eigenvalue weighted by atomic mass is 16.2. The predicted octanol–water partition coefficient (Wildman–Crippen LogP) is 0.843. The van der Waals surface area contributed by atoms with Crippen LogP contribution < -0.4 is 0 Å². The van der Waals surface area contributed by atoms with E-state index in [4.69, 9.17) is 0 Å². The molecular weight excluding hydrogens is 306 g/mol. The topological polar surface area (TPSA) is 61.7 Å². The molecule has 0 radical (unpaired) electrons. The summed E-state index contributed by atoms with van der Waals surface area (Å²) in [7, 11) is 2.07. The van der Waals surface area contributed by atoms with Crippen molar-refractivity contribution in [3.05, 3.63) is 18.2 Å². The zero-order valence-corrected chi connectivity index (χ0v) is 14.8. The van der Waals surface area contributed by atoms with Crippen LogP contribution in [0.15, 0.2) is 12.5 Å². The van der Waals surface area contributed by atoms with E-state index in [1.807, 2.05) is 23.3 Å². The van der Waals surface area contributed by atoms with Gasteiger partial charge in [0.2, 0.25) is 5.91 Å². The summed E-state index contributed by atoms with van der Waals surface area (Å²) in [5.41, 5.74) is 0.432. The maximum atomic E-state index is 12.9. The number of carbonyl (C=O) groups is 2. The highest BCUT2D eigenvalue weighted by Crippen LogP contribution is 2.22. The van der Waals surface area contributed by atoms with Gasteiger partial charge in [-0.05, 0) is 33.7 Å². The highest BCUT2D eigenvalue weighted by Gasteiger charge is 2.38. The molecule has 0 aromatic carbocycles. The van der Waals surface area contributed by atoms with E-state index in [1.54, 1.807) is 17.4 Å². The molecule has 7 heteroatoms. The summed E-state index contributed by atoms with van der Waals surface area (Å²) in [5, 5.41) is 0. The minimum absolute atomic E-state index is 0.0947. The van der Waals surface area contributed by atoms with Crippen molar-refractivity contribution in [2.45, 2.75) is 38.8 Å². The smallest absolute Gasteiger partial charge is 0.274 e. The van der Waals surface area contributed by atoms with Gasteiger partial charge in [-0.3, -0.25) is 9.59 Å². The molecule has 1 aromatic heterocycles. The zero-order chi connectivity index (χ0) is 17.3. The van der Waals surface area contributed by atoms with E-state index in [1.165, 1.54) is 0 Å². The standard InChI is InChI=1S/C17H27N5O2/c1-13(2)21-11-14(18-12-21)16(23)22-6-4-5-15(22)17(24)20-9-7-19(3)8-10-20/h11-13,15H,4-10H2,1-3H3/t15-/m1/s1. The van der Waals surface area contributed by atoms with Crippen molar-refractivity contribution in [2.24, 2.45) is 0 Å². The first-order valence-corrected chi connectivity index (χ1v) is 8.79. The van der Waals surface area contributed by atoms with Gasteiger partial charge in [-0.2, -0.15) is 0 Å². The molecular formula is C17H27N5O2. The molecule has 1 aromatic rings. The van der Waals surface area contributed by atoms with Gasteiger partial charge >= 0.3 is 0 Å². The van der Waals surface area contributed by atoms with Crippen molar-refractivity contribution < 1.29 is 9.59 Å². The lowest BCUT2D eigenvalue weighted by molar-refractivity contribution is -0.136. The first-order valence-electron chi connectivity index (χ1n) is 8.79. The van der Waals surface area contributed by atoms with Crippen LogP contribution in [0, 0.1) is 0 Å². The van der Waals surface area contributed by atoms with Crippen LogP contribution in [-0.2, 0) is 4.79 Å². The van der Waals surface area contributed by atoms with Gasteiger partial charge < -0.3 is 19.3 Å². The summed E-state index contributed by atoms with van der Waals surface area (Å²) in [5.74, 6) is -0.0309. The number of likely N-dealkylation sites (tertiary alicyclic amines) is 1. The lowest BCUT2D eigenvalue weighted by Crippen LogP contribution is -2.53. The summed E-state index contributed by atoms with van der Waals surface area (Å²) >= 11 is 0. The van der Waals surface area contributed by atoms with Gasteiger partial charge in [0, 0.05) is 45.0 Å². The number of carbonyl (C=O) groups excluding carboxylic acids is 2. The maximum absolute atomic E-state index is 12.9. The Morgan fingerprint density at radius 1 is 1.17 bits per heavy atom. The molecule has 1 atom stereocenters. The fourth-order valence-corrected chi connectivity index (χ4v) is 3.38. The van der Waals surface area contributed by atoms with Crippen LogP contribution in [0.4, 0.5) is 0 Å². The van der Waals surface area contributed by atoms with E-state index in [9.17, 15) is 9.59 Å². The predicted molar refractivity (Wildman–Crippen MR) is 90.7 cm³/mol. The molecule has 3 heterocycles. The average molecular weight is 333 g/mol. The van der Waals surface area contributed by atoms with Crippen LogP contribution in [0.3, 0.4) is 0 Å². The summed E-state index contributed by atoms with van der Waals surface area (Å²) in [6, 6.07) is -0.0643. The van der Waals surface area contributed by atoms with Crippen molar-refractivity contribution in [1.82, 2.24) is 24.3 Å². The van der Waals surface area contributed by atoms with Crippen LogP contribution in [0.5, 0.6) is 0 Å². The van der Waals surface area contributed by atoms with Crippen LogP contribution >= 0.6 is 0 Å². The molecule has 0 unspecified atom stereocenters. The second-order valence-corrected chi connectivity index (χ2v) is 7.09. The molecule has 0 spiro atoms. The molecule has 2 aliphatic heterocycles. The Kier molecular flexibility index (Phi) is 4.89. The second kappa shape index (κ2) is 6.93. The van der Waals surface area contributed by atoms with E-state index in [-0.39, 0.29) is 23.9 Å². The van der Waals surface area contributed by atoms with Crippen LogP contribution in [0.1, 0.15) is 43.2 Å². The van der Waals surface area contributed by atoms with E-state index in [0.717, 1.165) is 39.0 Å². The van der Waals surface area contributed by atoms with Crippen LogP contribution in [0.25, 0.3) is 0 Å². The van der Waals surface area contributed by atoms with E-state index < -0.39 is 0 Å². The highest BCUT2D eigenvalue weighted by molar-refractivity contribution is 5.96. The SMILES string of the molecule is CC(C)n1cnc(C(=O)N2CCC[C@@H]2C(=O)N2CCN(C)CC2)c1. The summed E-state index contributed by atoms with van der Waals surface area (Å²) in [6.45, 7) is 8.01. The first-order chi connectivity index (χ1) is 11.5. The molecule has 0 aliphatic carbocycles. The fraction of sp³-hybridized carbons (Fsp3) is 0.706. The molecule has 2 fully saturated rings. The van der Waals surface area contributed by atoms with E-state index in [2.05, 4.69) is 16.9 Å². The fourth-order valence-electron chi connectivity index (χ4n) is 3.38. The Morgan fingerprint density at radius 3 is 2.50 bits per heavy atom. The van der Waals surface area contributed by atoms with Crippen molar-refractivity contribution in [1.29, 1.82) is 0 Å². The molecule has 3 rings (SSSR count). The van der Waals surface area contributed by atoms with Crippen LogP contribution in [0.2, 0.25) is 0 Å². The van der Waals surface area contributed by atoms with Crippen molar-refractivity contribution >= 4 is 11.8 Å². The largest absolute Gasteiger partial charge is 0.338 e. The molecule has 132 valence electrons. The summed E-state index contributed by atoms with van der Waals surface area (Å²) in [6.07, 6.45) is 5.09. The Bertz CT molecular complexity index is 604. The first kappa shape index (κ1) is 17.0. The number of likely N-dealkylation sites (N-methyl/N-ethyl adjacent to an activating group) is 1. The Morgan fingerprint density at radius 2 is 1.88 bits per heavy atom. The second-order valence-electron chi connectivity index (χ2n) is 7.09. The zero-order valence-electron chi connectivity index (χ0n) is 14.8. The Hall–Kier alpha value is -1.89. The third-order valence-corrected chi connectivity index (χ3v) is 5.03. The number of aromatic nitrogens is 2. The van der Waals surface area contributed by atoms with Gasteiger partial charge in [-0.1, -0.05) is 0 Å². The lowest BCUT2D eigenvalue weighted by Gasteiger charge is -2.35. The van der Waals surface area contributed by atoms with E-state index >= 15 is 0 Å². The van der Waals surface area contributed by atoms with Gasteiger partial charge in [0.05, 0.1) is 6.33 Å². The minimum atomic E-state index is -0.329. The van der Waals surface area contributed by atoms with Gasteiger partial charge in [0.15, 0.2) is 0 Å². The molecule has 24 heavy (non-hydrogen) atoms. The third-order valence-electron chi connectivity index (χ3n) is 5.03. The number of hydrogen-bond donors (Lipinski definition) is 0. The van der Waals surface area contributed by atoms with Crippen molar-refractivity contribution in [3.63, 3.8) is 0 Å². The minimum Gasteiger partial charge on any atom is -0.338 e. The molecule has 0 N–H and O–H groups in total. The number of piperazine rings is 1. The Labute approximate surface area is 143 Å². The molecule has 7 nitrogen and oxygen atoms in total. The molecule has 2 amide bonds. The maximum Gasteiger partial charge on any atom is 0.274 e. The van der Waals surface area contributed by atoms with Gasteiger partial charge in [-0.25, -0.2) is 4.98 Å². The van der Waals surface area contributed by atoms with E-state index in [0.29, 0.717) is 12.2 Å². The van der Waals surface area contributed by atoms with Gasteiger partial charge in [0.25, 0.3) is 5.91 Å². The number of imidazole rings is 1. The van der Waals surface area contributed by atoms with Gasteiger partial charge in [-0.15, -0.1) is 0 Å². The summed E-state index contributed by atoms with van der Waals surface area (Å²) < 4.78 is 1.92. The number of amides is 2. The Balaban J connectivity index is 1.70. The molecule has 2 saturated heterocycles. The number of nitrogens with zero attached hydrogens (tertiary/aromatic N) is 5. The normalized spacial score (nSPS) is 22.4. The lowest BCUT2D eigenvalue weighted by atomic mass is 10.1. The monoisotopic (exact) mass is 333 g/mol. The quantitative estimate of drug-likeness (QED) is 0.822. The number of hydrogen-bond acceptors (Lipinski definition) is 4. The third kappa shape index (κ3) is 3.31.